The molecule has 1 aromatic carbocycles. The van der Waals surface area contributed by atoms with Gasteiger partial charge in [-0.15, -0.1) is 0 Å². The van der Waals surface area contributed by atoms with Crippen molar-refractivity contribution in [1.29, 1.82) is 0 Å². The number of nitrogens with one attached hydrogen (secondary N) is 1. The Morgan fingerprint density at radius 2 is 1.78 bits per heavy atom. The van der Waals surface area contributed by atoms with Crippen LogP contribution in [0.4, 0.5) is 5.69 Å². The quantitative estimate of drug-likeness (QED) is 0.748. The van der Waals surface area contributed by atoms with Gasteiger partial charge in [0.2, 0.25) is 10.0 Å². The average molecular weight is 270 g/mol. The van der Waals surface area contributed by atoms with Crippen molar-refractivity contribution >= 4 is 15.7 Å². The fraction of sp³-hybridized carbons (Fsp3) is 0.538. The van der Waals surface area contributed by atoms with E-state index in [1.807, 2.05) is 0 Å². The predicted molar refractivity (Wildman–Crippen MR) is 75.0 cm³/mol. The molecule has 0 bridgehead atoms. The number of sulfonamides is 1. The Balaban J connectivity index is 2.36. The van der Waals surface area contributed by atoms with Gasteiger partial charge in [0.05, 0.1) is 4.90 Å². The molecular weight excluding hydrogens is 248 g/mol. The Kier molecular flexibility index (Phi) is 5.62. The second-order valence-corrected chi connectivity index (χ2v) is 6.45. The highest BCUT2D eigenvalue weighted by molar-refractivity contribution is 7.89. The lowest BCUT2D eigenvalue weighted by Crippen LogP contribution is -2.12. The summed E-state index contributed by atoms with van der Waals surface area (Å²) in [6, 6.07) is 6.52. The van der Waals surface area contributed by atoms with Gasteiger partial charge < -0.3 is 5.32 Å². The smallest absolute Gasteiger partial charge is 0.238 e. The third-order valence-electron chi connectivity index (χ3n) is 2.72. The van der Waals surface area contributed by atoms with Crippen LogP contribution in [0, 0.1) is 5.92 Å². The van der Waals surface area contributed by atoms with E-state index in [1.54, 1.807) is 12.1 Å². The van der Waals surface area contributed by atoms with Crippen molar-refractivity contribution < 1.29 is 8.42 Å². The molecule has 0 aliphatic heterocycles. The molecule has 3 N–H and O–H groups in total. The molecule has 4 nitrogen and oxygen atoms in total. The summed E-state index contributed by atoms with van der Waals surface area (Å²) in [4.78, 5) is 0.146. The minimum atomic E-state index is -3.59. The van der Waals surface area contributed by atoms with Gasteiger partial charge >= 0.3 is 0 Å². The van der Waals surface area contributed by atoms with Crippen LogP contribution in [0.1, 0.15) is 33.1 Å². The van der Waals surface area contributed by atoms with Crippen molar-refractivity contribution in [3.8, 4) is 0 Å². The molecule has 0 amide bonds. The van der Waals surface area contributed by atoms with E-state index in [9.17, 15) is 8.42 Å². The average Bonchev–Trinajstić information content (AvgIpc) is 2.27. The molecule has 102 valence electrons. The van der Waals surface area contributed by atoms with Gasteiger partial charge in [-0.1, -0.05) is 26.7 Å². The molecule has 1 aromatic rings. The number of primary sulfonamides is 1. The standard InChI is InChI=1S/C13H22N2O2S/c1-11(2)5-3-4-10-15-12-6-8-13(9-7-12)18(14,16)17/h6-9,11,15H,3-5,10H2,1-2H3,(H2,14,16,17). The largest absolute Gasteiger partial charge is 0.385 e. The van der Waals surface area contributed by atoms with E-state index in [1.165, 1.54) is 25.0 Å². The van der Waals surface area contributed by atoms with Gasteiger partial charge in [-0.3, -0.25) is 0 Å². The second-order valence-electron chi connectivity index (χ2n) is 4.89. The zero-order valence-corrected chi connectivity index (χ0v) is 11.8. The number of rotatable bonds is 7. The van der Waals surface area contributed by atoms with Crippen molar-refractivity contribution in [2.75, 3.05) is 11.9 Å². The molecular formula is C13H22N2O2S. The van der Waals surface area contributed by atoms with Gasteiger partial charge in [0, 0.05) is 12.2 Å². The van der Waals surface area contributed by atoms with Crippen LogP contribution in [0.15, 0.2) is 29.2 Å². The maximum absolute atomic E-state index is 11.1. The topological polar surface area (TPSA) is 72.2 Å². The van der Waals surface area contributed by atoms with Crippen LogP contribution in [-0.2, 0) is 10.0 Å². The molecule has 1 rings (SSSR count). The maximum atomic E-state index is 11.1. The van der Waals surface area contributed by atoms with Gasteiger partial charge in [0.25, 0.3) is 0 Å². The molecule has 0 unspecified atom stereocenters. The van der Waals surface area contributed by atoms with Gasteiger partial charge in [-0.2, -0.15) is 0 Å². The third kappa shape index (κ3) is 5.51. The summed E-state index contributed by atoms with van der Waals surface area (Å²) in [5.41, 5.74) is 0.923. The SMILES string of the molecule is CC(C)CCCCNc1ccc(S(N)(=O)=O)cc1. The Hall–Kier alpha value is -1.07. The first kappa shape index (κ1) is 15.0. The minimum absolute atomic E-state index is 0.146. The molecule has 0 fully saturated rings. The van der Waals surface area contributed by atoms with E-state index in [2.05, 4.69) is 19.2 Å². The number of hydrogen-bond donors (Lipinski definition) is 2. The Morgan fingerprint density at radius 1 is 1.17 bits per heavy atom. The summed E-state index contributed by atoms with van der Waals surface area (Å²) in [5, 5.41) is 8.29. The van der Waals surface area contributed by atoms with Crippen LogP contribution < -0.4 is 10.5 Å². The third-order valence-corrected chi connectivity index (χ3v) is 3.65. The fourth-order valence-electron chi connectivity index (χ4n) is 1.67. The summed E-state index contributed by atoms with van der Waals surface area (Å²) in [6.07, 6.45) is 3.57. The molecule has 0 aromatic heterocycles. The van der Waals surface area contributed by atoms with Gasteiger partial charge in [-0.05, 0) is 36.6 Å². The highest BCUT2D eigenvalue weighted by Gasteiger charge is 2.06. The normalized spacial score (nSPS) is 11.8. The minimum Gasteiger partial charge on any atom is -0.385 e. The van der Waals surface area contributed by atoms with E-state index < -0.39 is 10.0 Å². The van der Waals surface area contributed by atoms with E-state index in [0.29, 0.717) is 0 Å². The summed E-state index contributed by atoms with van der Waals surface area (Å²) in [7, 11) is -3.59. The lowest BCUT2D eigenvalue weighted by Gasteiger charge is -2.08. The zero-order valence-electron chi connectivity index (χ0n) is 11.0. The number of nitrogens with two attached hydrogens (primary N) is 1. The van der Waals surface area contributed by atoms with Crippen molar-refractivity contribution in [2.45, 2.75) is 38.0 Å². The van der Waals surface area contributed by atoms with Gasteiger partial charge in [0.1, 0.15) is 0 Å². The van der Waals surface area contributed by atoms with Crippen LogP contribution in [0.3, 0.4) is 0 Å². The van der Waals surface area contributed by atoms with Crippen LogP contribution in [0.5, 0.6) is 0 Å². The first-order valence-corrected chi connectivity index (χ1v) is 7.81. The highest BCUT2D eigenvalue weighted by Crippen LogP contribution is 2.13. The maximum Gasteiger partial charge on any atom is 0.238 e. The predicted octanol–water partition coefficient (Wildman–Crippen LogP) is 2.57. The summed E-state index contributed by atoms with van der Waals surface area (Å²) >= 11 is 0. The lowest BCUT2D eigenvalue weighted by atomic mass is 10.1. The first-order chi connectivity index (χ1) is 8.39. The highest BCUT2D eigenvalue weighted by atomic mass is 32.2. The lowest BCUT2D eigenvalue weighted by molar-refractivity contribution is 0.545. The van der Waals surface area contributed by atoms with E-state index >= 15 is 0 Å². The van der Waals surface area contributed by atoms with Crippen LogP contribution in [-0.4, -0.2) is 15.0 Å². The Morgan fingerprint density at radius 3 is 2.28 bits per heavy atom. The fourth-order valence-corrected chi connectivity index (χ4v) is 2.19. The molecule has 0 radical (unpaired) electrons. The van der Waals surface area contributed by atoms with Crippen molar-refractivity contribution in [3.05, 3.63) is 24.3 Å². The van der Waals surface area contributed by atoms with Crippen molar-refractivity contribution in [1.82, 2.24) is 0 Å². The molecule has 0 spiro atoms. The monoisotopic (exact) mass is 270 g/mol. The first-order valence-electron chi connectivity index (χ1n) is 6.26. The Labute approximate surface area is 110 Å². The van der Waals surface area contributed by atoms with Crippen molar-refractivity contribution in [2.24, 2.45) is 11.1 Å². The van der Waals surface area contributed by atoms with E-state index in [4.69, 9.17) is 5.14 Å². The summed E-state index contributed by atoms with van der Waals surface area (Å²) in [5.74, 6) is 0.749. The van der Waals surface area contributed by atoms with Crippen LogP contribution in [0.2, 0.25) is 0 Å². The van der Waals surface area contributed by atoms with E-state index in [-0.39, 0.29) is 4.90 Å². The molecule has 0 saturated carbocycles. The number of unbranched alkanes of at least 4 members (excludes halogenated alkanes) is 1. The van der Waals surface area contributed by atoms with Crippen LogP contribution in [0.25, 0.3) is 0 Å². The molecule has 0 aliphatic carbocycles. The van der Waals surface area contributed by atoms with Crippen molar-refractivity contribution in [3.63, 3.8) is 0 Å². The number of anilines is 1. The summed E-state index contributed by atoms with van der Waals surface area (Å²) < 4.78 is 22.1. The molecule has 0 atom stereocenters. The molecule has 0 saturated heterocycles. The molecule has 0 heterocycles. The van der Waals surface area contributed by atoms with Gasteiger partial charge in [0.15, 0.2) is 0 Å². The Bertz CT molecular complexity index is 452. The molecule has 18 heavy (non-hydrogen) atoms. The molecule has 5 heteroatoms. The molecule has 0 aliphatic rings. The zero-order chi connectivity index (χ0) is 13.6. The van der Waals surface area contributed by atoms with Crippen LogP contribution >= 0.6 is 0 Å². The van der Waals surface area contributed by atoms with Gasteiger partial charge in [-0.25, -0.2) is 13.6 Å². The summed E-state index contributed by atoms with van der Waals surface area (Å²) in [6.45, 7) is 5.35. The second kappa shape index (κ2) is 6.75. The number of benzene rings is 1. The van der Waals surface area contributed by atoms with E-state index in [0.717, 1.165) is 24.6 Å². The number of hydrogen-bond acceptors (Lipinski definition) is 3.